The lowest BCUT2D eigenvalue weighted by Crippen LogP contribution is -2.60. The smallest absolute Gasteiger partial charge is 0.249 e. The summed E-state index contributed by atoms with van der Waals surface area (Å²) in [4.78, 5) is 62.1. The van der Waals surface area contributed by atoms with Crippen molar-refractivity contribution < 1.29 is 23.9 Å². The van der Waals surface area contributed by atoms with Crippen LogP contribution >= 0.6 is 0 Å². The minimum absolute atomic E-state index is 0.00702. The largest absolute Gasteiger partial charge is 0.378 e. The van der Waals surface area contributed by atoms with Crippen LogP contribution in [0.4, 0.5) is 0 Å². The molecule has 0 aromatic carbocycles. The number of carbonyl (C=O) groups is 4. The Balaban J connectivity index is 1.77. The van der Waals surface area contributed by atoms with Crippen LogP contribution in [0.3, 0.4) is 0 Å². The molecular weight excluding hydrogens is 546 g/mol. The van der Waals surface area contributed by atoms with Crippen LogP contribution in [0.2, 0.25) is 0 Å². The minimum atomic E-state index is -0.722. The molecule has 3 saturated heterocycles. The molecule has 3 unspecified atom stereocenters. The summed E-state index contributed by atoms with van der Waals surface area (Å²) in [6.45, 7) is 19.5. The summed E-state index contributed by atoms with van der Waals surface area (Å²) < 4.78 is 5.40. The molecule has 0 aromatic rings. The number of carbonyl (C=O) groups excluding carboxylic acids is 4. The highest BCUT2D eigenvalue weighted by Crippen LogP contribution is 2.27. The van der Waals surface area contributed by atoms with Crippen molar-refractivity contribution in [3.8, 4) is 0 Å². The topological polar surface area (TPSA) is 102 Å². The molecular formula is C33H57N5O5. The fourth-order valence-electron chi connectivity index (χ4n) is 6.66. The summed E-state index contributed by atoms with van der Waals surface area (Å²) in [6.07, 6.45) is 6.17. The van der Waals surface area contributed by atoms with Gasteiger partial charge in [-0.15, -0.1) is 0 Å². The average Bonchev–Trinajstić information content (AvgIpc) is 3.46. The van der Waals surface area contributed by atoms with Gasteiger partial charge in [-0.3, -0.25) is 24.1 Å². The molecule has 10 nitrogen and oxygen atoms in total. The van der Waals surface area contributed by atoms with Crippen molar-refractivity contribution in [2.45, 2.75) is 118 Å². The first kappa shape index (κ1) is 35.0. The molecule has 244 valence electrons. The molecule has 0 radical (unpaired) electrons. The standard InChI is InChI=1S/C33H57N5O5/c1-22(2)27(21-24(5)30(40)38-16-12-14-26(38)31(41)36-17-19-43-20-18-36)35(9)32(42)28(33(6,7)8)34-29(39)25-13-10-11-15-37(25)23(3)4/h21-23,25-28H,10-20H2,1-9H3,(H,34,39)/b24-21+/t25?,26?,27-,28?/m1/s1. The van der Waals surface area contributed by atoms with E-state index < -0.39 is 17.5 Å². The van der Waals surface area contributed by atoms with E-state index in [-0.39, 0.29) is 47.7 Å². The Morgan fingerprint density at radius 2 is 1.53 bits per heavy atom. The van der Waals surface area contributed by atoms with Crippen molar-refractivity contribution in [3.05, 3.63) is 11.6 Å². The molecule has 4 atom stereocenters. The third-order valence-corrected chi connectivity index (χ3v) is 9.27. The molecule has 0 aliphatic carbocycles. The van der Waals surface area contributed by atoms with Crippen LogP contribution in [0.15, 0.2) is 11.6 Å². The maximum Gasteiger partial charge on any atom is 0.249 e. The summed E-state index contributed by atoms with van der Waals surface area (Å²) in [6, 6.07) is -1.54. The van der Waals surface area contributed by atoms with Crippen LogP contribution in [0.1, 0.15) is 87.5 Å². The number of ether oxygens (including phenoxy) is 1. The molecule has 3 aliphatic rings. The van der Waals surface area contributed by atoms with Gasteiger partial charge in [-0.05, 0) is 64.3 Å². The van der Waals surface area contributed by atoms with Crippen LogP contribution in [-0.4, -0.2) is 120 Å². The third-order valence-electron chi connectivity index (χ3n) is 9.27. The molecule has 0 spiro atoms. The number of nitrogens with one attached hydrogen (secondary N) is 1. The fraction of sp³-hybridized carbons (Fsp3) is 0.818. The van der Waals surface area contributed by atoms with Crippen molar-refractivity contribution in [3.63, 3.8) is 0 Å². The third kappa shape index (κ3) is 8.59. The van der Waals surface area contributed by atoms with Crippen molar-refractivity contribution >= 4 is 23.6 Å². The van der Waals surface area contributed by atoms with Gasteiger partial charge in [0.2, 0.25) is 23.6 Å². The van der Waals surface area contributed by atoms with Gasteiger partial charge >= 0.3 is 0 Å². The number of hydrogen-bond donors (Lipinski definition) is 1. The monoisotopic (exact) mass is 603 g/mol. The Morgan fingerprint density at radius 3 is 2.12 bits per heavy atom. The van der Waals surface area contributed by atoms with Crippen LogP contribution < -0.4 is 5.32 Å². The molecule has 3 heterocycles. The van der Waals surface area contributed by atoms with Gasteiger partial charge < -0.3 is 24.8 Å². The maximum atomic E-state index is 14.1. The second-order valence-electron chi connectivity index (χ2n) is 14.3. The fourth-order valence-corrected chi connectivity index (χ4v) is 6.66. The minimum Gasteiger partial charge on any atom is -0.378 e. The number of likely N-dealkylation sites (N-methyl/N-ethyl adjacent to an activating group) is 1. The highest BCUT2D eigenvalue weighted by molar-refractivity contribution is 5.97. The van der Waals surface area contributed by atoms with Gasteiger partial charge in [-0.2, -0.15) is 0 Å². The normalized spacial score (nSPS) is 23.8. The lowest BCUT2D eigenvalue weighted by molar-refractivity contribution is -0.145. The number of morpholine rings is 1. The van der Waals surface area contributed by atoms with Gasteiger partial charge in [0.15, 0.2) is 0 Å². The van der Waals surface area contributed by atoms with Gasteiger partial charge in [-0.1, -0.05) is 47.1 Å². The van der Waals surface area contributed by atoms with E-state index in [9.17, 15) is 19.2 Å². The zero-order valence-corrected chi connectivity index (χ0v) is 28.1. The molecule has 10 heteroatoms. The molecule has 4 amide bonds. The summed E-state index contributed by atoms with van der Waals surface area (Å²) in [5, 5.41) is 3.14. The Labute approximate surface area is 259 Å². The first-order valence-corrected chi connectivity index (χ1v) is 16.3. The average molecular weight is 604 g/mol. The molecule has 3 aliphatic heterocycles. The zero-order chi connectivity index (χ0) is 32.1. The lowest BCUT2D eigenvalue weighted by atomic mass is 9.84. The van der Waals surface area contributed by atoms with E-state index in [4.69, 9.17) is 4.74 Å². The second-order valence-corrected chi connectivity index (χ2v) is 14.3. The number of piperidine rings is 1. The van der Waals surface area contributed by atoms with Crippen molar-refractivity contribution in [2.75, 3.05) is 46.4 Å². The van der Waals surface area contributed by atoms with Gasteiger partial charge in [0.05, 0.1) is 25.3 Å². The number of rotatable bonds is 9. The molecule has 43 heavy (non-hydrogen) atoms. The second kappa shape index (κ2) is 15.0. The lowest BCUT2D eigenvalue weighted by Gasteiger charge is -2.41. The van der Waals surface area contributed by atoms with Gasteiger partial charge in [0, 0.05) is 38.3 Å². The zero-order valence-electron chi connectivity index (χ0n) is 28.1. The van der Waals surface area contributed by atoms with Gasteiger partial charge in [-0.25, -0.2) is 0 Å². The summed E-state index contributed by atoms with van der Waals surface area (Å²) in [7, 11) is 1.76. The number of hydrogen-bond acceptors (Lipinski definition) is 6. The van der Waals surface area contributed by atoms with E-state index in [2.05, 4.69) is 24.1 Å². The molecule has 1 N–H and O–H groups in total. The maximum absolute atomic E-state index is 14.1. The van der Waals surface area contributed by atoms with Crippen molar-refractivity contribution in [1.29, 1.82) is 0 Å². The van der Waals surface area contributed by atoms with Crippen LogP contribution in [0, 0.1) is 11.3 Å². The molecule has 0 aromatic heterocycles. The summed E-state index contributed by atoms with van der Waals surface area (Å²) >= 11 is 0. The van der Waals surface area contributed by atoms with E-state index in [1.807, 2.05) is 40.7 Å². The van der Waals surface area contributed by atoms with Crippen molar-refractivity contribution in [1.82, 2.24) is 24.9 Å². The van der Waals surface area contributed by atoms with Crippen LogP contribution in [-0.2, 0) is 23.9 Å². The van der Waals surface area contributed by atoms with E-state index in [0.29, 0.717) is 44.8 Å². The Morgan fingerprint density at radius 1 is 0.907 bits per heavy atom. The highest BCUT2D eigenvalue weighted by Gasteiger charge is 2.41. The Kier molecular flexibility index (Phi) is 12.2. The van der Waals surface area contributed by atoms with E-state index >= 15 is 0 Å². The quantitative estimate of drug-likeness (QED) is 0.407. The van der Waals surface area contributed by atoms with E-state index in [1.54, 1.807) is 28.7 Å². The Hall–Kier alpha value is -2.46. The van der Waals surface area contributed by atoms with Gasteiger partial charge in [0.1, 0.15) is 12.1 Å². The first-order valence-electron chi connectivity index (χ1n) is 16.3. The predicted octanol–water partition coefficient (Wildman–Crippen LogP) is 3.06. The number of amides is 4. The predicted molar refractivity (Wildman–Crippen MR) is 168 cm³/mol. The molecule has 0 saturated carbocycles. The SMILES string of the molecule is C/C(=C\[C@H](C(C)C)N(C)C(=O)C(NC(=O)C1CCCCN1C(C)C)C(C)(C)C)C(=O)N1CCCC1C(=O)N1CCOCC1. The number of likely N-dealkylation sites (tertiary alicyclic amines) is 2. The molecule has 3 rings (SSSR count). The van der Waals surface area contributed by atoms with Gasteiger partial charge in [0.25, 0.3) is 0 Å². The summed E-state index contributed by atoms with van der Waals surface area (Å²) in [5.41, 5.74) is 0.00279. The Bertz CT molecular complexity index is 1030. The first-order chi connectivity index (χ1) is 20.1. The van der Waals surface area contributed by atoms with Crippen molar-refractivity contribution in [2.24, 2.45) is 11.3 Å². The summed E-state index contributed by atoms with van der Waals surface area (Å²) in [5.74, 6) is -0.422. The highest BCUT2D eigenvalue weighted by atomic mass is 16.5. The number of nitrogens with zero attached hydrogens (tertiary/aromatic N) is 4. The van der Waals surface area contributed by atoms with E-state index in [1.165, 1.54) is 0 Å². The van der Waals surface area contributed by atoms with Crippen LogP contribution in [0.5, 0.6) is 0 Å². The van der Waals surface area contributed by atoms with E-state index in [0.717, 1.165) is 32.2 Å². The molecule has 0 bridgehead atoms. The molecule has 3 fully saturated rings. The van der Waals surface area contributed by atoms with Crippen LogP contribution in [0.25, 0.3) is 0 Å².